The molecule has 1 unspecified atom stereocenters. The lowest BCUT2D eigenvalue weighted by molar-refractivity contribution is 0.101. The first-order valence-electron chi connectivity index (χ1n) is 9.30. The lowest BCUT2D eigenvalue weighted by Gasteiger charge is -2.30. The summed E-state index contributed by atoms with van der Waals surface area (Å²) in [6.07, 6.45) is 1.98. The summed E-state index contributed by atoms with van der Waals surface area (Å²) < 4.78 is 27.1. The minimum Gasteiger partial charge on any atom is -0.378 e. The zero-order valence-corrected chi connectivity index (χ0v) is 16.6. The van der Waals surface area contributed by atoms with Gasteiger partial charge in [0.05, 0.1) is 11.4 Å². The van der Waals surface area contributed by atoms with Gasteiger partial charge in [-0.05, 0) is 49.9 Å². The van der Waals surface area contributed by atoms with Crippen molar-refractivity contribution < 1.29 is 13.2 Å². The molecule has 2 aromatic carbocycles. The van der Waals surface area contributed by atoms with Crippen molar-refractivity contribution in [3.05, 3.63) is 59.7 Å². The van der Waals surface area contributed by atoms with Crippen LogP contribution in [0.2, 0.25) is 0 Å². The third kappa shape index (κ3) is 4.76. The Kier molecular flexibility index (Phi) is 5.97. The van der Waals surface area contributed by atoms with Crippen LogP contribution in [0.5, 0.6) is 0 Å². The van der Waals surface area contributed by atoms with Crippen LogP contribution in [0.25, 0.3) is 0 Å². The highest BCUT2D eigenvalue weighted by atomic mass is 32.2. The van der Waals surface area contributed by atoms with Crippen LogP contribution in [-0.4, -0.2) is 38.1 Å². The van der Waals surface area contributed by atoms with Gasteiger partial charge in [-0.25, -0.2) is 8.42 Å². The second-order valence-corrected chi connectivity index (χ2v) is 9.22. The fraction of sp³-hybridized carbons (Fsp3) is 0.381. The highest BCUT2D eigenvalue weighted by Gasteiger charge is 2.28. The van der Waals surface area contributed by atoms with E-state index >= 15 is 0 Å². The molecule has 1 fully saturated rings. The standard InChI is InChI=1S/C21H26N2O3S/c1-16-5-7-18(8-6-16)21(24)14-22-19-9-11-20(12-10-19)27(25,26)23-13-3-4-17(2)15-23/h5-12,17,22H,3-4,13-15H2,1-2H3. The molecule has 1 saturated heterocycles. The Morgan fingerprint density at radius 1 is 1.11 bits per heavy atom. The number of aryl methyl sites for hydroxylation is 1. The SMILES string of the molecule is Cc1ccc(C(=O)CNc2ccc(S(=O)(=O)N3CCCC(C)C3)cc2)cc1. The molecular weight excluding hydrogens is 360 g/mol. The van der Waals surface area contributed by atoms with E-state index in [2.05, 4.69) is 12.2 Å². The van der Waals surface area contributed by atoms with E-state index in [0.29, 0.717) is 29.5 Å². The number of hydrogen-bond donors (Lipinski definition) is 1. The number of carbonyl (C=O) groups is 1. The highest BCUT2D eigenvalue weighted by molar-refractivity contribution is 7.89. The summed E-state index contributed by atoms with van der Waals surface area (Å²) in [6, 6.07) is 14.1. The van der Waals surface area contributed by atoms with E-state index in [1.807, 2.05) is 31.2 Å². The van der Waals surface area contributed by atoms with Crippen molar-refractivity contribution in [3.63, 3.8) is 0 Å². The van der Waals surface area contributed by atoms with Crippen molar-refractivity contribution in [2.45, 2.75) is 31.6 Å². The predicted octanol–water partition coefficient (Wildman–Crippen LogP) is 3.71. The third-order valence-corrected chi connectivity index (χ3v) is 6.82. The summed E-state index contributed by atoms with van der Waals surface area (Å²) in [4.78, 5) is 12.5. The van der Waals surface area contributed by atoms with Crippen molar-refractivity contribution in [2.75, 3.05) is 25.0 Å². The van der Waals surface area contributed by atoms with Gasteiger partial charge >= 0.3 is 0 Å². The molecule has 3 rings (SSSR count). The molecule has 2 aromatic rings. The second-order valence-electron chi connectivity index (χ2n) is 7.28. The van der Waals surface area contributed by atoms with Crippen LogP contribution in [0.4, 0.5) is 5.69 Å². The predicted molar refractivity (Wildman–Crippen MR) is 108 cm³/mol. The van der Waals surface area contributed by atoms with Crippen molar-refractivity contribution >= 4 is 21.5 Å². The number of Topliss-reactive ketones (excluding diaryl/α,β-unsaturated/α-hetero) is 1. The third-order valence-electron chi connectivity index (χ3n) is 4.94. The van der Waals surface area contributed by atoms with Crippen LogP contribution in [-0.2, 0) is 10.0 Å². The number of nitrogens with zero attached hydrogens (tertiary/aromatic N) is 1. The van der Waals surface area contributed by atoms with Crippen molar-refractivity contribution in [2.24, 2.45) is 5.92 Å². The molecule has 0 spiro atoms. The van der Waals surface area contributed by atoms with E-state index < -0.39 is 10.0 Å². The van der Waals surface area contributed by atoms with Crippen molar-refractivity contribution in [1.29, 1.82) is 0 Å². The Labute approximate surface area is 161 Å². The van der Waals surface area contributed by atoms with Gasteiger partial charge in [0, 0.05) is 24.3 Å². The maximum absolute atomic E-state index is 12.8. The minimum atomic E-state index is -3.45. The fourth-order valence-electron chi connectivity index (χ4n) is 3.28. The molecule has 5 nitrogen and oxygen atoms in total. The molecule has 144 valence electrons. The van der Waals surface area contributed by atoms with Crippen LogP contribution in [0.1, 0.15) is 35.7 Å². The Bertz CT molecular complexity index is 890. The van der Waals surface area contributed by atoms with E-state index in [1.54, 1.807) is 28.6 Å². The maximum atomic E-state index is 12.8. The molecule has 0 bridgehead atoms. The van der Waals surface area contributed by atoms with Gasteiger partial charge in [-0.15, -0.1) is 0 Å². The molecule has 1 aliphatic heterocycles. The Balaban J connectivity index is 1.63. The summed E-state index contributed by atoms with van der Waals surface area (Å²) in [5.74, 6) is 0.385. The van der Waals surface area contributed by atoms with Crippen LogP contribution >= 0.6 is 0 Å². The first-order chi connectivity index (χ1) is 12.9. The van der Waals surface area contributed by atoms with Crippen molar-refractivity contribution in [1.82, 2.24) is 4.31 Å². The maximum Gasteiger partial charge on any atom is 0.243 e. The number of hydrogen-bond acceptors (Lipinski definition) is 4. The van der Waals surface area contributed by atoms with Crippen LogP contribution in [0.15, 0.2) is 53.4 Å². The minimum absolute atomic E-state index is 0.00555. The van der Waals surface area contributed by atoms with E-state index in [0.717, 1.165) is 24.1 Å². The number of anilines is 1. The second kappa shape index (κ2) is 8.23. The van der Waals surface area contributed by atoms with E-state index in [-0.39, 0.29) is 12.3 Å². The summed E-state index contributed by atoms with van der Waals surface area (Å²) in [5, 5.41) is 3.06. The normalized spacial score (nSPS) is 18.2. The van der Waals surface area contributed by atoms with E-state index in [4.69, 9.17) is 0 Å². The summed E-state index contributed by atoms with van der Waals surface area (Å²) in [6.45, 7) is 5.39. The van der Waals surface area contributed by atoms with Crippen LogP contribution in [0, 0.1) is 12.8 Å². The average molecular weight is 387 g/mol. The fourth-order valence-corrected chi connectivity index (χ4v) is 4.88. The number of benzene rings is 2. The molecule has 6 heteroatoms. The van der Waals surface area contributed by atoms with E-state index in [1.165, 1.54) is 0 Å². The molecule has 0 saturated carbocycles. The number of ketones is 1. The van der Waals surface area contributed by atoms with Gasteiger partial charge in [0.2, 0.25) is 10.0 Å². The topological polar surface area (TPSA) is 66.5 Å². The van der Waals surface area contributed by atoms with Gasteiger partial charge in [0.25, 0.3) is 0 Å². The molecule has 1 atom stereocenters. The van der Waals surface area contributed by atoms with E-state index in [9.17, 15) is 13.2 Å². The molecule has 1 heterocycles. The largest absolute Gasteiger partial charge is 0.378 e. The number of piperidine rings is 1. The lowest BCUT2D eigenvalue weighted by Crippen LogP contribution is -2.39. The number of rotatable bonds is 6. The molecule has 0 aromatic heterocycles. The lowest BCUT2D eigenvalue weighted by atomic mass is 10.0. The first-order valence-corrected chi connectivity index (χ1v) is 10.7. The highest BCUT2D eigenvalue weighted by Crippen LogP contribution is 2.24. The zero-order chi connectivity index (χ0) is 19.4. The Morgan fingerprint density at radius 3 is 2.41 bits per heavy atom. The molecule has 0 amide bonds. The summed E-state index contributed by atoms with van der Waals surface area (Å²) in [7, 11) is -3.45. The van der Waals surface area contributed by atoms with Crippen molar-refractivity contribution in [3.8, 4) is 0 Å². The molecule has 27 heavy (non-hydrogen) atoms. The van der Waals surface area contributed by atoms with Gasteiger partial charge < -0.3 is 5.32 Å². The molecule has 0 aliphatic carbocycles. The smallest absolute Gasteiger partial charge is 0.243 e. The molecule has 0 radical (unpaired) electrons. The van der Waals surface area contributed by atoms with Gasteiger partial charge in [0.1, 0.15) is 0 Å². The monoisotopic (exact) mass is 386 g/mol. The summed E-state index contributed by atoms with van der Waals surface area (Å²) >= 11 is 0. The van der Waals surface area contributed by atoms with Gasteiger partial charge in [-0.3, -0.25) is 4.79 Å². The number of nitrogens with one attached hydrogen (secondary N) is 1. The zero-order valence-electron chi connectivity index (χ0n) is 15.8. The first kappa shape index (κ1) is 19.6. The number of sulfonamides is 1. The van der Waals surface area contributed by atoms with Gasteiger partial charge in [0.15, 0.2) is 5.78 Å². The molecular formula is C21H26N2O3S. The quantitative estimate of drug-likeness (QED) is 0.769. The molecule has 1 aliphatic rings. The van der Waals surface area contributed by atoms with Gasteiger partial charge in [-0.1, -0.05) is 36.8 Å². The summed E-state index contributed by atoms with van der Waals surface area (Å²) in [5.41, 5.74) is 2.49. The number of carbonyl (C=O) groups excluding carboxylic acids is 1. The average Bonchev–Trinajstić information content (AvgIpc) is 2.67. The van der Waals surface area contributed by atoms with Crippen LogP contribution in [0.3, 0.4) is 0 Å². The Hall–Kier alpha value is -2.18. The molecule has 1 N–H and O–H groups in total. The van der Waals surface area contributed by atoms with Gasteiger partial charge in [-0.2, -0.15) is 4.31 Å². The van der Waals surface area contributed by atoms with Crippen LogP contribution < -0.4 is 5.32 Å². The Morgan fingerprint density at radius 2 is 1.78 bits per heavy atom.